The van der Waals surface area contributed by atoms with Gasteiger partial charge in [0, 0.05) is 62.5 Å². The van der Waals surface area contributed by atoms with Gasteiger partial charge in [0.25, 0.3) is 11.8 Å². The van der Waals surface area contributed by atoms with E-state index in [0.29, 0.717) is 36.2 Å². The lowest BCUT2D eigenvalue weighted by atomic mass is 9.89. The van der Waals surface area contributed by atoms with Crippen molar-refractivity contribution in [3.8, 4) is 11.5 Å². The fraction of sp³-hybridized carbons (Fsp3) is 0.581. The molecule has 2 aliphatic heterocycles. The summed E-state index contributed by atoms with van der Waals surface area (Å²) in [6.07, 6.45) is 8.19. The number of ether oxygens (including phenoxy) is 2. The topological polar surface area (TPSA) is 75.2 Å². The fourth-order valence-corrected chi connectivity index (χ4v) is 6.48. The molecule has 3 aliphatic rings. The smallest absolute Gasteiger partial charge is 0.255 e. The summed E-state index contributed by atoms with van der Waals surface area (Å²) in [5, 5.41) is 0. The van der Waals surface area contributed by atoms with Gasteiger partial charge in [-0.05, 0) is 62.9 Å². The van der Waals surface area contributed by atoms with Gasteiger partial charge in [0.05, 0.1) is 25.5 Å². The summed E-state index contributed by atoms with van der Waals surface area (Å²) >= 11 is 0. The molecule has 0 unspecified atom stereocenters. The van der Waals surface area contributed by atoms with E-state index in [9.17, 15) is 9.59 Å². The highest BCUT2D eigenvalue weighted by molar-refractivity contribution is 5.96. The molecule has 0 N–H and O–H groups in total. The van der Waals surface area contributed by atoms with E-state index < -0.39 is 0 Å². The third-order valence-corrected chi connectivity index (χ3v) is 8.79. The quantitative estimate of drug-likeness (QED) is 0.543. The van der Waals surface area contributed by atoms with Crippen molar-refractivity contribution < 1.29 is 19.1 Å². The van der Waals surface area contributed by atoms with Gasteiger partial charge in [-0.2, -0.15) is 0 Å². The summed E-state index contributed by atoms with van der Waals surface area (Å²) in [5.74, 6) is 1.39. The van der Waals surface area contributed by atoms with Gasteiger partial charge in [-0.1, -0.05) is 19.3 Å². The number of carbonyl (C=O) groups excluding carboxylic acids is 2. The maximum atomic E-state index is 13.7. The molecule has 2 saturated heterocycles. The highest BCUT2D eigenvalue weighted by Gasteiger charge is 2.32. The molecule has 210 valence electrons. The van der Waals surface area contributed by atoms with Crippen LogP contribution in [-0.4, -0.2) is 91.0 Å². The van der Waals surface area contributed by atoms with E-state index in [1.165, 1.54) is 32.1 Å². The number of amides is 2. The van der Waals surface area contributed by atoms with Crippen molar-refractivity contribution in [2.75, 3.05) is 53.5 Å². The predicted molar refractivity (Wildman–Crippen MR) is 151 cm³/mol. The van der Waals surface area contributed by atoms with E-state index in [0.717, 1.165) is 56.0 Å². The normalized spacial score (nSPS) is 19.7. The van der Waals surface area contributed by atoms with Crippen LogP contribution in [0, 0.1) is 6.92 Å². The highest BCUT2D eigenvalue weighted by Crippen LogP contribution is 2.33. The Morgan fingerprint density at radius 3 is 2.10 bits per heavy atom. The van der Waals surface area contributed by atoms with Gasteiger partial charge in [0.15, 0.2) is 11.5 Å². The van der Waals surface area contributed by atoms with Gasteiger partial charge in [0.2, 0.25) is 0 Å². The third-order valence-electron chi connectivity index (χ3n) is 8.79. The number of likely N-dealkylation sites (tertiary alicyclic amines) is 1. The number of aryl methyl sites for hydroxylation is 1. The lowest BCUT2D eigenvalue weighted by Crippen LogP contribution is -2.52. The second-order valence-corrected chi connectivity index (χ2v) is 11.1. The maximum absolute atomic E-state index is 13.7. The average molecular weight is 535 g/mol. The summed E-state index contributed by atoms with van der Waals surface area (Å²) < 4.78 is 10.7. The molecule has 3 heterocycles. The highest BCUT2D eigenvalue weighted by atomic mass is 16.5. The Labute approximate surface area is 232 Å². The summed E-state index contributed by atoms with van der Waals surface area (Å²) in [6, 6.07) is 9.89. The van der Waals surface area contributed by atoms with Gasteiger partial charge < -0.3 is 19.3 Å². The maximum Gasteiger partial charge on any atom is 0.255 e. The van der Waals surface area contributed by atoms with Gasteiger partial charge in [-0.25, -0.2) is 0 Å². The van der Waals surface area contributed by atoms with Crippen LogP contribution in [0.1, 0.15) is 83.0 Å². The zero-order valence-electron chi connectivity index (χ0n) is 23.7. The van der Waals surface area contributed by atoms with Gasteiger partial charge >= 0.3 is 0 Å². The number of benzene rings is 1. The lowest BCUT2D eigenvalue weighted by Gasteiger charge is -2.41. The van der Waals surface area contributed by atoms with Crippen LogP contribution >= 0.6 is 0 Å². The molecule has 1 aromatic carbocycles. The number of carbonyl (C=O) groups is 2. The van der Waals surface area contributed by atoms with Crippen LogP contribution in [0.4, 0.5) is 0 Å². The van der Waals surface area contributed by atoms with E-state index in [1.807, 2.05) is 28.9 Å². The number of methoxy groups -OCH3 is 2. The number of aromatic nitrogens is 1. The Kier molecular flexibility index (Phi) is 8.70. The number of hydrogen-bond acceptors (Lipinski definition) is 6. The molecule has 5 rings (SSSR count). The second-order valence-electron chi connectivity index (χ2n) is 11.1. The SMILES string of the molecule is COc1ccc(C(=O)N2CCC(c3nc(C)ccc3C(=O)N3CCN(C4CCCCC4)CC3)CC2)cc1OC. The Morgan fingerprint density at radius 1 is 0.769 bits per heavy atom. The Morgan fingerprint density at radius 2 is 1.44 bits per heavy atom. The Balaban J connectivity index is 1.23. The predicted octanol–water partition coefficient (Wildman–Crippen LogP) is 4.52. The number of piperazine rings is 1. The summed E-state index contributed by atoms with van der Waals surface area (Å²) in [7, 11) is 3.15. The van der Waals surface area contributed by atoms with Gasteiger partial charge in [-0.15, -0.1) is 0 Å². The van der Waals surface area contributed by atoms with Crippen molar-refractivity contribution in [1.29, 1.82) is 0 Å². The lowest BCUT2D eigenvalue weighted by molar-refractivity contribution is 0.0519. The van der Waals surface area contributed by atoms with Crippen molar-refractivity contribution in [2.45, 2.75) is 63.8 Å². The standard InChI is InChI=1S/C31H42N4O4/c1-22-9-11-26(31(37)35-19-17-33(18-20-35)25-7-5-4-6-8-25)29(32-22)23-13-15-34(16-14-23)30(36)24-10-12-27(38-2)28(21-24)39-3/h9-12,21,23,25H,4-8,13-20H2,1-3H3. The molecule has 2 aromatic rings. The molecule has 1 aromatic heterocycles. The molecular weight excluding hydrogens is 492 g/mol. The largest absolute Gasteiger partial charge is 0.493 e. The summed E-state index contributed by atoms with van der Waals surface area (Å²) in [4.78, 5) is 38.3. The van der Waals surface area contributed by atoms with Gasteiger partial charge in [0.1, 0.15) is 0 Å². The average Bonchev–Trinajstić information content (AvgIpc) is 3.00. The fourth-order valence-electron chi connectivity index (χ4n) is 6.48. The molecular formula is C31H42N4O4. The summed E-state index contributed by atoms with van der Waals surface area (Å²) in [6.45, 7) is 6.71. The van der Waals surface area contributed by atoms with Crippen LogP contribution in [0.5, 0.6) is 11.5 Å². The van der Waals surface area contributed by atoms with Crippen molar-refractivity contribution in [3.63, 3.8) is 0 Å². The molecule has 8 nitrogen and oxygen atoms in total. The second kappa shape index (κ2) is 12.4. The van der Waals surface area contributed by atoms with Crippen LogP contribution in [-0.2, 0) is 0 Å². The van der Waals surface area contributed by atoms with E-state index in [1.54, 1.807) is 32.4 Å². The van der Waals surface area contributed by atoms with E-state index in [4.69, 9.17) is 14.5 Å². The number of piperidine rings is 1. The van der Waals surface area contributed by atoms with Crippen LogP contribution in [0.3, 0.4) is 0 Å². The molecule has 8 heteroatoms. The molecule has 1 aliphatic carbocycles. The first-order chi connectivity index (χ1) is 19.0. The van der Waals surface area contributed by atoms with E-state index in [-0.39, 0.29) is 17.7 Å². The molecule has 0 bridgehead atoms. The van der Waals surface area contributed by atoms with E-state index in [2.05, 4.69) is 4.90 Å². The number of nitrogens with zero attached hydrogens (tertiary/aromatic N) is 4. The van der Waals surface area contributed by atoms with Crippen LogP contribution in [0.2, 0.25) is 0 Å². The van der Waals surface area contributed by atoms with Gasteiger partial charge in [-0.3, -0.25) is 19.5 Å². The third kappa shape index (κ3) is 6.06. The van der Waals surface area contributed by atoms with Crippen molar-refractivity contribution >= 4 is 11.8 Å². The first-order valence-electron chi connectivity index (χ1n) is 14.5. The molecule has 39 heavy (non-hydrogen) atoms. The zero-order valence-corrected chi connectivity index (χ0v) is 23.7. The molecule has 0 atom stereocenters. The first-order valence-corrected chi connectivity index (χ1v) is 14.5. The number of pyridine rings is 1. The Bertz CT molecular complexity index is 1160. The van der Waals surface area contributed by atoms with Crippen molar-refractivity contribution in [3.05, 3.63) is 52.8 Å². The van der Waals surface area contributed by atoms with Crippen molar-refractivity contribution in [2.24, 2.45) is 0 Å². The van der Waals surface area contributed by atoms with Crippen LogP contribution in [0.25, 0.3) is 0 Å². The molecule has 1 saturated carbocycles. The molecule has 0 spiro atoms. The zero-order chi connectivity index (χ0) is 27.4. The van der Waals surface area contributed by atoms with Crippen LogP contribution in [0.15, 0.2) is 30.3 Å². The minimum absolute atomic E-state index is 0.0151. The first kappa shape index (κ1) is 27.4. The monoisotopic (exact) mass is 534 g/mol. The number of hydrogen-bond donors (Lipinski definition) is 0. The summed E-state index contributed by atoms with van der Waals surface area (Å²) in [5.41, 5.74) is 3.14. The minimum Gasteiger partial charge on any atom is -0.493 e. The van der Waals surface area contributed by atoms with Crippen LogP contribution < -0.4 is 9.47 Å². The van der Waals surface area contributed by atoms with E-state index >= 15 is 0 Å². The number of rotatable bonds is 6. The Hall–Kier alpha value is -3.13. The molecule has 0 radical (unpaired) electrons. The molecule has 2 amide bonds. The minimum atomic E-state index is -0.0151. The van der Waals surface area contributed by atoms with Crippen molar-refractivity contribution in [1.82, 2.24) is 19.7 Å². The molecule has 3 fully saturated rings.